The number of aromatic carboxylic acids is 1. The second kappa shape index (κ2) is 6.33. The maximum absolute atomic E-state index is 11.3. The third kappa shape index (κ3) is 3.45. The highest BCUT2D eigenvalue weighted by molar-refractivity contribution is 7.99. The molecule has 104 valence electrons. The third-order valence-corrected chi connectivity index (χ3v) is 3.63. The summed E-state index contributed by atoms with van der Waals surface area (Å²) >= 11 is 1.26. The Morgan fingerprint density at radius 2 is 2.30 bits per heavy atom. The molecule has 0 atom stereocenters. The molecule has 0 unspecified atom stereocenters. The number of carboxylic acid groups (broad SMARTS) is 1. The van der Waals surface area contributed by atoms with E-state index >= 15 is 0 Å². The summed E-state index contributed by atoms with van der Waals surface area (Å²) in [5.41, 5.74) is 0.900. The lowest BCUT2D eigenvalue weighted by molar-refractivity contribution is 0.0690. The molecule has 7 heteroatoms. The number of aryl methyl sites for hydroxylation is 2. The van der Waals surface area contributed by atoms with Crippen molar-refractivity contribution in [1.29, 1.82) is 0 Å². The van der Waals surface area contributed by atoms with Gasteiger partial charge in [0.1, 0.15) is 10.6 Å². The predicted octanol–water partition coefficient (Wildman–Crippen LogP) is 1.51. The van der Waals surface area contributed by atoms with Crippen LogP contribution in [0.4, 0.5) is 0 Å². The van der Waals surface area contributed by atoms with Crippen molar-refractivity contribution in [2.75, 3.05) is 5.75 Å². The number of aromatic amines is 1. The molecule has 2 rings (SSSR count). The van der Waals surface area contributed by atoms with Crippen LogP contribution in [-0.2, 0) is 6.42 Å². The number of aromatic nitrogens is 3. The van der Waals surface area contributed by atoms with E-state index in [1.807, 2.05) is 12.1 Å². The first-order valence-corrected chi connectivity index (χ1v) is 6.92. The van der Waals surface area contributed by atoms with Crippen molar-refractivity contribution in [1.82, 2.24) is 15.0 Å². The Bertz CT molecular complexity index is 670. The van der Waals surface area contributed by atoms with Gasteiger partial charge < -0.3 is 10.1 Å². The molecule has 2 aromatic rings. The van der Waals surface area contributed by atoms with Crippen molar-refractivity contribution in [3.63, 3.8) is 0 Å². The summed E-state index contributed by atoms with van der Waals surface area (Å²) in [4.78, 5) is 32.7. The molecule has 0 bridgehead atoms. The van der Waals surface area contributed by atoms with Crippen LogP contribution in [0.5, 0.6) is 0 Å². The van der Waals surface area contributed by atoms with Gasteiger partial charge in [0.05, 0.1) is 0 Å². The molecule has 2 N–H and O–H groups in total. The number of thioether (sulfide) groups is 1. The molecular weight excluding hydrogens is 278 g/mol. The fourth-order valence-corrected chi connectivity index (χ4v) is 2.79. The molecule has 20 heavy (non-hydrogen) atoms. The van der Waals surface area contributed by atoms with Gasteiger partial charge in [0.2, 0.25) is 0 Å². The lowest BCUT2D eigenvalue weighted by atomic mass is 10.2. The van der Waals surface area contributed by atoms with Crippen LogP contribution in [0.25, 0.3) is 0 Å². The van der Waals surface area contributed by atoms with E-state index in [0.29, 0.717) is 11.4 Å². The molecular formula is C13H13N3O3S. The predicted molar refractivity (Wildman–Crippen MR) is 75.2 cm³/mol. The van der Waals surface area contributed by atoms with E-state index in [1.54, 1.807) is 19.3 Å². The fraction of sp³-hybridized carbons (Fsp3) is 0.231. The highest BCUT2D eigenvalue weighted by Gasteiger charge is 2.16. The Labute approximate surface area is 119 Å². The SMILES string of the molecule is Cc1[nH]c(=O)nc(SCCc2cccnc2)c1C(=O)O. The minimum atomic E-state index is -1.09. The normalized spacial score (nSPS) is 10.4. The Morgan fingerprint density at radius 1 is 1.50 bits per heavy atom. The molecule has 0 amide bonds. The molecule has 6 nitrogen and oxygen atoms in total. The smallest absolute Gasteiger partial charge is 0.346 e. The average molecular weight is 291 g/mol. The van der Waals surface area contributed by atoms with Crippen molar-refractivity contribution in [2.24, 2.45) is 0 Å². The van der Waals surface area contributed by atoms with E-state index in [9.17, 15) is 9.59 Å². The van der Waals surface area contributed by atoms with Crippen LogP contribution in [-0.4, -0.2) is 31.8 Å². The molecule has 2 aromatic heterocycles. The average Bonchev–Trinajstić information content (AvgIpc) is 2.38. The molecule has 0 saturated heterocycles. The Hall–Kier alpha value is -2.15. The summed E-state index contributed by atoms with van der Waals surface area (Å²) in [6, 6.07) is 3.79. The van der Waals surface area contributed by atoms with E-state index in [4.69, 9.17) is 5.11 Å². The van der Waals surface area contributed by atoms with Crippen molar-refractivity contribution in [3.8, 4) is 0 Å². The summed E-state index contributed by atoms with van der Waals surface area (Å²) < 4.78 is 0. The van der Waals surface area contributed by atoms with Crippen molar-refractivity contribution in [2.45, 2.75) is 18.4 Å². The summed E-state index contributed by atoms with van der Waals surface area (Å²) in [5, 5.41) is 9.42. The van der Waals surface area contributed by atoms with Crippen LogP contribution < -0.4 is 5.69 Å². The van der Waals surface area contributed by atoms with Gasteiger partial charge in [-0.15, -0.1) is 11.8 Å². The van der Waals surface area contributed by atoms with E-state index in [1.165, 1.54) is 11.8 Å². The molecule has 0 spiro atoms. The number of hydrogen-bond acceptors (Lipinski definition) is 5. The molecule has 0 aliphatic rings. The number of nitrogens with zero attached hydrogens (tertiary/aromatic N) is 2. The lowest BCUT2D eigenvalue weighted by Crippen LogP contribution is -2.18. The highest BCUT2D eigenvalue weighted by atomic mass is 32.2. The molecule has 0 radical (unpaired) electrons. The number of hydrogen-bond donors (Lipinski definition) is 2. The van der Waals surface area contributed by atoms with E-state index < -0.39 is 11.7 Å². The number of carboxylic acids is 1. The van der Waals surface area contributed by atoms with Gasteiger partial charge in [-0.25, -0.2) is 9.59 Å². The molecule has 0 aromatic carbocycles. The van der Waals surface area contributed by atoms with Crippen LogP contribution in [0, 0.1) is 6.92 Å². The minimum absolute atomic E-state index is 0.0563. The fourth-order valence-electron chi connectivity index (χ4n) is 1.73. The van der Waals surface area contributed by atoms with Crippen molar-refractivity contribution in [3.05, 3.63) is 51.8 Å². The van der Waals surface area contributed by atoms with Crippen LogP contribution in [0.3, 0.4) is 0 Å². The number of pyridine rings is 1. The molecule has 0 aliphatic carbocycles. The summed E-state index contributed by atoms with van der Waals surface area (Å²) in [6.07, 6.45) is 4.18. The number of rotatable bonds is 5. The van der Waals surface area contributed by atoms with Crippen LogP contribution in [0.15, 0.2) is 34.3 Å². The third-order valence-electron chi connectivity index (χ3n) is 2.65. The summed E-state index contributed by atoms with van der Waals surface area (Å²) in [5.74, 6) is -0.461. The number of carbonyl (C=O) groups is 1. The van der Waals surface area contributed by atoms with Crippen molar-refractivity contribution < 1.29 is 9.90 Å². The van der Waals surface area contributed by atoms with E-state index in [2.05, 4.69) is 15.0 Å². The first-order chi connectivity index (χ1) is 9.58. The van der Waals surface area contributed by atoms with Crippen LogP contribution in [0.1, 0.15) is 21.6 Å². The van der Waals surface area contributed by atoms with Gasteiger partial charge in [0.15, 0.2) is 0 Å². The van der Waals surface area contributed by atoms with Gasteiger partial charge in [-0.1, -0.05) is 6.07 Å². The lowest BCUT2D eigenvalue weighted by Gasteiger charge is -2.06. The maximum atomic E-state index is 11.3. The molecule has 0 saturated carbocycles. The van der Waals surface area contributed by atoms with Gasteiger partial charge in [-0.3, -0.25) is 4.98 Å². The van der Waals surface area contributed by atoms with Gasteiger partial charge in [-0.05, 0) is 25.0 Å². The van der Waals surface area contributed by atoms with Gasteiger partial charge in [0.25, 0.3) is 0 Å². The summed E-state index contributed by atoms with van der Waals surface area (Å²) in [6.45, 7) is 1.55. The molecule has 0 aliphatic heterocycles. The summed E-state index contributed by atoms with van der Waals surface area (Å²) in [7, 11) is 0. The molecule has 2 heterocycles. The Balaban J connectivity index is 2.13. The van der Waals surface area contributed by atoms with Crippen molar-refractivity contribution >= 4 is 17.7 Å². The van der Waals surface area contributed by atoms with E-state index in [-0.39, 0.29) is 10.6 Å². The number of H-pyrrole nitrogens is 1. The second-order valence-electron chi connectivity index (χ2n) is 4.11. The number of nitrogens with one attached hydrogen (secondary N) is 1. The standard InChI is InChI=1S/C13H13N3O3S/c1-8-10(12(17)18)11(16-13(19)15-8)20-6-4-9-3-2-5-14-7-9/h2-3,5,7H,4,6H2,1H3,(H,17,18)(H,15,16,19). The maximum Gasteiger partial charge on any atom is 0.346 e. The zero-order chi connectivity index (χ0) is 14.5. The van der Waals surface area contributed by atoms with Crippen LogP contribution >= 0.6 is 11.8 Å². The first-order valence-electron chi connectivity index (χ1n) is 5.94. The monoisotopic (exact) mass is 291 g/mol. The van der Waals surface area contributed by atoms with Gasteiger partial charge >= 0.3 is 11.7 Å². The largest absolute Gasteiger partial charge is 0.478 e. The zero-order valence-corrected chi connectivity index (χ0v) is 11.6. The quantitative estimate of drug-likeness (QED) is 0.640. The topological polar surface area (TPSA) is 95.9 Å². The first kappa shape index (κ1) is 14.3. The second-order valence-corrected chi connectivity index (χ2v) is 5.20. The Kier molecular flexibility index (Phi) is 4.52. The minimum Gasteiger partial charge on any atom is -0.478 e. The highest BCUT2D eigenvalue weighted by Crippen LogP contribution is 2.21. The van der Waals surface area contributed by atoms with Crippen LogP contribution in [0.2, 0.25) is 0 Å². The zero-order valence-electron chi connectivity index (χ0n) is 10.8. The Morgan fingerprint density at radius 3 is 2.95 bits per heavy atom. The molecule has 0 fully saturated rings. The van der Waals surface area contributed by atoms with Gasteiger partial charge in [-0.2, -0.15) is 4.98 Å². The van der Waals surface area contributed by atoms with E-state index in [0.717, 1.165) is 12.0 Å². The van der Waals surface area contributed by atoms with Gasteiger partial charge in [0, 0.05) is 23.8 Å².